The van der Waals surface area contributed by atoms with Crippen LogP contribution in [0.4, 0.5) is 5.69 Å². The second-order valence-electron chi connectivity index (χ2n) is 8.62. The van der Waals surface area contributed by atoms with Gasteiger partial charge in [0.25, 0.3) is 0 Å². The number of carbonyl (C=O) groups is 1. The van der Waals surface area contributed by atoms with E-state index in [1.807, 2.05) is 26.2 Å². The Labute approximate surface area is 173 Å². The number of benzene rings is 1. The number of rotatable bonds is 5. The molecule has 0 aliphatic carbocycles. The van der Waals surface area contributed by atoms with Gasteiger partial charge < -0.3 is 4.90 Å². The van der Waals surface area contributed by atoms with E-state index in [9.17, 15) is 9.00 Å². The average molecular weight is 414 g/mol. The molecule has 154 valence electrons. The Morgan fingerprint density at radius 2 is 2.00 bits per heavy atom. The summed E-state index contributed by atoms with van der Waals surface area (Å²) in [4.78, 5) is 16.1. The first-order valence-corrected chi connectivity index (χ1v) is 11.5. The molecule has 1 atom stereocenters. The summed E-state index contributed by atoms with van der Waals surface area (Å²) < 4.78 is 14.0. The van der Waals surface area contributed by atoms with Gasteiger partial charge in [0.2, 0.25) is 5.91 Å². The topological polar surface area (TPSA) is 72.5 Å². The number of H-pyrrole nitrogens is 1. The number of anilines is 1. The van der Waals surface area contributed by atoms with Gasteiger partial charge in [0.15, 0.2) is 0 Å². The SMILES string of the molecule is CCS(=O)N1CC2(CN(Cc3cn[nH]c3-c3ccc4c(c3)CCC(=O)N4C)C2)C1. The number of aromatic amines is 1. The van der Waals surface area contributed by atoms with Crippen molar-refractivity contribution in [1.29, 1.82) is 0 Å². The van der Waals surface area contributed by atoms with E-state index in [4.69, 9.17) is 0 Å². The number of nitrogens with zero attached hydrogens (tertiary/aromatic N) is 4. The van der Waals surface area contributed by atoms with Crippen LogP contribution in [0, 0.1) is 5.41 Å². The van der Waals surface area contributed by atoms with Crippen molar-refractivity contribution in [1.82, 2.24) is 19.4 Å². The summed E-state index contributed by atoms with van der Waals surface area (Å²) in [6, 6.07) is 6.31. The minimum atomic E-state index is -0.802. The number of hydrogen-bond donors (Lipinski definition) is 1. The maximum atomic E-state index is 11.9. The second kappa shape index (κ2) is 7.04. The van der Waals surface area contributed by atoms with Crippen LogP contribution in [0.3, 0.4) is 0 Å². The van der Waals surface area contributed by atoms with Crippen LogP contribution in [-0.2, 0) is 28.7 Å². The van der Waals surface area contributed by atoms with Crippen LogP contribution in [-0.4, -0.2) is 68.5 Å². The maximum absolute atomic E-state index is 11.9. The second-order valence-corrected chi connectivity index (χ2v) is 10.4. The maximum Gasteiger partial charge on any atom is 0.227 e. The fraction of sp³-hybridized carbons (Fsp3) is 0.524. The van der Waals surface area contributed by atoms with E-state index in [-0.39, 0.29) is 5.91 Å². The molecule has 5 rings (SSSR count). The fourth-order valence-corrected chi connectivity index (χ4v) is 6.18. The van der Waals surface area contributed by atoms with E-state index in [2.05, 4.69) is 31.5 Å². The zero-order chi connectivity index (χ0) is 20.2. The van der Waals surface area contributed by atoms with Gasteiger partial charge in [-0.3, -0.25) is 14.8 Å². The first kappa shape index (κ1) is 19.0. The molecule has 29 heavy (non-hydrogen) atoms. The van der Waals surface area contributed by atoms with Gasteiger partial charge >= 0.3 is 0 Å². The largest absolute Gasteiger partial charge is 0.315 e. The third-order valence-electron chi connectivity index (χ3n) is 6.50. The van der Waals surface area contributed by atoms with Gasteiger partial charge in [0.05, 0.1) is 22.9 Å². The Morgan fingerprint density at radius 3 is 2.76 bits per heavy atom. The lowest BCUT2D eigenvalue weighted by atomic mass is 9.74. The Kier molecular flexibility index (Phi) is 4.60. The van der Waals surface area contributed by atoms with Gasteiger partial charge in [0, 0.05) is 74.2 Å². The Balaban J connectivity index is 1.26. The fourth-order valence-electron chi connectivity index (χ4n) is 4.98. The third kappa shape index (κ3) is 3.23. The number of aromatic nitrogens is 2. The van der Waals surface area contributed by atoms with Crippen molar-refractivity contribution in [2.24, 2.45) is 5.41 Å². The summed E-state index contributed by atoms with van der Waals surface area (Å²) >= 11 is 0. The van der Waals surface area contributed by atoms with E-state index in [0.717, 1.165) is 56.1 Å². The summed E-state index contributed by atoms with van der Waals surface area (Å²) in [5.41, 5.74) is 5.96. The first-order chi connectivity index (χ1) is 14.0. The van der Waals surface area contributed by atoms with E-state index in [1.165, 1.54) is 11.1 Å². The Hall–Kier alpha value is -2.03. The number of amides is 1. The lowest BCUT2D eigenvalue weighted by molar-refractivity contribution is -0.118. The number of carbonyl (C=O) groups excluding carboxylic acids is 1. The van der Waals surface area contributed by atoms with Crippen LogP contribution in [0.1, 0.15) is 24.5 Å². The molecule has 3 aliphatic heterocycles. The molecular weight excluding hydrogens is 386 g/mol. The number of likely N-dealkylation sites (tertiary alicyclic amines) is 1. The molecule has 1 aromatic heterocycles. The number of nitrogens with one attached hydrogen (secondary N) is 1. The molecule has 1 N–H and O–H groups in total. The summed E-state index contributed by atoms with van der Waals surface area (Å²) in [6.07, 6.45) is 3.28. The van der Waals surface area contributed by atoms with Crippen LogP contribution >= 0.6 is 0 Å². The quantitative estimate of drug-likeness (QED) is 0.811. The van der Waals surface area contributed by atoms with Crippen LogP contribution in [0.15, 0.2) is 24.4 Å². The van der Waals surface area contributed by atoms with Crippen LogP contribution in [0.25, 0.3) is 11.3 Å². The van der Waals surface area contributed by atoms with Gasteiger partial charge in [-0.2, -0.15) is 5.10 Å². The van der Waals surface area contributed by atoms with Crippen LogP contribution in [0.2, 0.25) is 0 Å². The highest BCUT2D eigenvalue weighted by Crippen LogP contribution is 2.41. The Morgan fingerprint density at radius 1 is 1.21 bits per heavy atom. The summed E-state index contributed by atoms with van der Waals surface area (Å²) in [5.74, 6) is 0.889. The van der Waals surface area contributed by atoms with E-state index in [0.29, 0.717) is 17.6 Å². The van der Waals surface area contributed by atoms with E-state index >= 15 is 0 Å². The summed E-state index contributed by atoms with van der Waals surface area (Å²) in [6.45, 7) is 6.89. The lowest BCUT2D eigenvalue weighted by Gasteiger charge is -2.59. The first-order valence-electron chi connectivity index (χ1n) is 10.3. The van der Waals surface area contributed by atoms with Crippen molar-refractivity contribution < 1.29 is 9.00 Å². The van der Waals surface area contributed by atoms with E-state index in [1.54, 1.807) is 4.90 Å². The lowest BCUT2D eigenvalue weighted by Crippen LogP contribution is -2.71. The van der Waals surface area contributed by atoms with Gasteiger partial charge in [-0.25, -0.2) is 8.51 Å². The molecular formula is C21H27N5O2S. The molecule has 1 amide bonds. The average Bonchev–Trinajstić information content (AvgIpc) is 3.13. The highest BCUT2D eigenvalue weighted by Gasteiger charge is 2.52. The third-order valence-corrected chi connectivity index (χ3v) is 7.83. The predicted octanol–water partition coefficient (Wildman–Crippen LogP) is 1.79. The zero-order valence-electron chi connectivity index (χ0n) is 17.0. The minimum Gasteiger partial charge on any atom is -0.315 e. The summed E-state index contributed by atoms with van der Waals surface area (Å²) in [5, 5.41) is 7.48. The van der Waals surface area contributed by atoms with Crippen molar-refractivity contribution in [3.8, 4) is 11.3 Å². The number of fused-ring (bicyclic) bond motifs is 1. The Bertz CT molecular complexity index is 973. The zero-order valence-corrected chi connectivity index (χ0v) is 17.8. The molecule has 4 heterocycles. The van der Waals surface area contributed by atoms with Crippen molar-refractivity contribution in [2.75, 3.05) is 43.9 Å². The molecule has 0 radical (unpaired) electrons. The minimum absolute atomic E-state index is 0.177. The van der Waals surface area contributed by atoms with Gasteiger partial charge in [0.1, 0.15) is 0 Å². The van der Waals surface area contributed by atoms with Crippen LogP contribution in [0.5, 0.6) is 0 Å². The standard InChI is InChI=1S/C21H27N5O2S/c1-3-29(28)26-13-21(14-26)11-25(12-21)10-17-9-22-23-20(17)16-4-6-18-15(8-16)5-7-19(27)24(18)2/h4,6,8-9H,3,5,7,10-14H2,1-2H3,(H,22,23). The monoisotopic (exact) mass is 413 g/mol. The summed E-state index contributed by atoms with van der Waals surface area (Å²) in [7, 11) is 1.04. The van der Waals surface area contributed by atoms with Crippen LogP contribution < -0.4 is 4.90 Å². The molecule has 2 aromatic rings. The highest BCUT2D eigenvalue weighted by molar-refractivity contribution is 7.82. The molecule has 1 aromatic carbocycles. The van der Waals surface area contributed by atoms with Crippen molar-refractivity contribution in [2.45, 2.75) is 26.3 Å². The van der Waals surface area contributed by atoms with Gasteiger partial charge in [-0.1, -0.05) is 13.0 Å². The van der Waals surface area contributed by atoms with Crippen molar-refractivity contribution in [3.63, 3.8) is 0 Å². The molecule has 2 fully saturated rings. The highest BCUT2D eigenvalue weighted by atomic mass is 32.2. The molecule has 1 spiro atoms. The van der Waals surface area contributed by atoms with Gasteiger partial charge in [-0.15, -0.1) is 0 Å². The molecule has 7 nitrogen and oxygen atoms in total. The molecule has 1 unspecified atom stereocenters. The van der Waals surface area contributed by atoms with E-state index < -0.39 is 11.0 Å². The molecule has 0 bridgehead atoms. The smallest absolute Gasteiger partial charge is 0.227 e. The predicted molar refractivity (Wildman–Crippen MR) is 114 cm³/mol. The van der Waals surface area contributed by atoms with Crippen molar-refractivity contribution >= 4 is 22.6 Å². The molecule has 3 aliphatic rings. The van der Waals surface area contributed by atoms with Crippen molar-refractivity contribution in [3.05, 3.63) is 35.5 Å². The van der Waals surface area contributed by atoms with Gasteiger partial charge in [-0.05, 0) is 24.1 Å². The molecule has 0 saturated carbocycles. The number of aryl methyl sites for hydroxylation is 1. The number of hydrogen-bond acceptors (Lipinski definition) is 4. The normalized spacial score (nSPS) is 22.3. The molecule has 2 saturated heterocycles. The molecule has 8 heteroatoms.